The third-order valence-corrected chi connectivity index (χ3v) is 3.30. The summed E-state index contributed by atoms with van der Waals surface area (Å²) in [5.74, 6) is -1.76. The lowest BCUT2D eigenvalue weighted by Crippen LogP contribution is -2.58. The molecule has 1 fully saturated rings. The van der Waals surface area contributed by atoms with Crippen LogP contribution in [0.1, 0.15) is 5.56 Å². The van der Waals surface area contributed by atoms with Gasteiger partial charge in [-0.15, -0.1) is 6.58 Å². The SMILES string of the molecule is C=CCN1C(=O)[C@@H](C=NCc2ccccc2)C(=O)NC1=S. The second-order valence-corrected chi connectivity index (χ2v) is 4.87. The first-order chi connectivity index (χ1) is 10.1. The Bertz CT molecular complexity index is 598. The number of benzene rings is 1. The van der Waals surface area contributed by atoms with Crippen LogP contribution in [0.25, 0.3) is 0 Å². The second-order valence-electron chi connectivity index (χ2n) is 4.48. The zero-order valence-electron chi connectivity index (χ0n) is 11.4. The third kappa shape index (κ3) is 3.61. The van der Waals surface area contributed by atoms with Gasteiger partial charge in [0.2, 0.25) is 11.8 Å². The molecule has 1 aliphatic rings. The van der Waals surface area contributed by atoms with E-state index in [0.717, 1.165) is 5.56 Å². The first-order valence-electron chi connectivity index (χ1n) is 6.44. The van der Waals surface area contributed by atoms with Crippen molar-refractivity contribution in [2.75, 3.05) is 6.54 Å². The molecule has 6 heteroatoms. The maximum atomic E-state index is 12.2. The molecule has 21 heavy (non-hydrogen) atoms. The maximum absolute atomic E-state index is 12.2. The fourth-order valence-electron chi connectivity index (χ4n) is 1.91. The van der Waals surface area contributed by atoms with Crippen molar-refractivity contribution >= 4 is 35.4 Å². The van der Waals surface area contributed by atoms with E-state index in [4.69, 9.17) is 12.2 Å². The average Bonchev–Trinajstić information content (AvgIpc) is 2.48. The van der Waals surface area contributed by atoms with E-state index in [1.165, 1.54) is 11.1 Å². The number of amides is 2. The molecule has 1 N–H and O–H groups in total. The number of hydrogen-bond acceptors (Lipinski definition) is 4. The molecule has 1 aromatic rings. The summed E-state index contributed by atoms with van der Waals surface area (Å²) in [5.41, 5.74) is 1.01. The van der Waals surface area contributed by atoms with Crippen LogP contribution in [0, 0.1) is 5.92 Å². The van der Waals surface area contributed by atoms with Gasteiger partial charge in [-0.25, -0.2) is 0 Å². The van der Waals surface area contributed by atoms with Gasteiger partial charge in [-0.2, -0.15) is 0 Å². The van der Waals surface area contributed by atoms with Crippen LogP contribution in [0.5, 0.6) is 0 Å². The highest BCUT2D eigenvalue weighted by Crippen LogP contribution is 2.10. The van der Waals surface area contributed by atoms with E-state index in [0.29, 0.717) is 6.54 Å². The van der Waals surface area contributed by atoms with Crippen molar-refractivity contribution in [1.82, 2.24) is 10.2 Å². The predicted octanol–water partition coefficient (Wildman–Crippen LogP) is 1.30. The van der Waals surface area contributed by atoms with Crippen molar-refractivity contribution in [3.8, 4) is 0 Å². The Morgan fingerprint density at radius 3 is 2.71 bits per heavy atom. The molecule has 0 aromatic heterocycles. The first-order valence-corrected chi connectivity index (χ1v) is 6.85. The summed E-state index contributed by atoms with van der Waals surface area (Å²) in [6.45, 7) is 4.25. The smallest absolute Gasteiger partial charge is 0.247 e. The Morgan fingerprint density at radius 1 is 1.33 bits per heavy atom. The highest BCUT2D eigenvalue weighted by Gasteiger charge is 2.36. The lowest BCUT2D eigenvalue weighted by Gasteiger charge is -2.29. The Hall–Kier alpha value is -2.34. The molecule has 1 heterocycles. The summed E-state index contributed by atoms with van der Waals surface area (Å²) < 4.78 is 0. The molecule has 5 nitrogen and oxygen atoms in total. The number of nitrogens with one attached hydrogen (secondary N) is 1. The number of hydrogen-bond donors (Lipinski definition) is 1. The number of nitrogens with zero attached hydrogens (tertiary/aromatic N) is 2. The van der Waals surface area contributed by atoms with Crippen molar-refractivity contribution in [1.29, 1.82) is 0 Å². The summed E-state index contributed by atoms with van der Waals surface area (Å²) >= 11 is 4.97. The molecule has 0 unspecified atom stereocenters. The minimum atomic E-state index is -0.944. The van der Waals surface area contributed by atoms with E-state index in [2.05, 4.69) is 16.9 Å². The minimum Gasteiger partial charge on any atom is -0.302 e. The van der Waals surface area contributed by atoms with E-state index in [9.17, 15) is 9.59 Å². The normalized spacial score (nSPS) is 19.0. The molecule has 1 atom stereocenters. The van der Waals surface area contributed by atoms with Crippen LogP contribution in [0.4, 0.5) is 0 Å². The molecule has 0 bridgehead atoms. The molecule has 0 aliphatic carbocycles. The molecular formula is C15H15N3O2S. The van der Waals surface area contributed by atoms with E-state index in [1.807, 2.05) is 30.3 Å². The van der Waals surface area contributed by atoms with Crippen molar-refractivity contribution < 1.29 is 9.59 Å². The maximum Gasteiger partial charge on any atom is 0.247 e. The fraction of sp³-hybridized carbons (Fsp3) is 0.200. The quantitative estimate of drug-likeness (QED) is 0.386. The van der Waals surface area contributed by atoms with Crippen molar-refractivity contribution in [3.63, 3.8) is 0 Å². The van der Waals surface area contributed by atoms with Gasteiger partial charge in [0.1, 0.15) is 0 Å². The van der Waals surface area contributed by atoms with Crippen LogP contribution in [0.15, 0.2) is 48.0 Å². The van der Waals surface area contributed by atoms with Crippen molar-refractivity contribution in [2.45, 2.75) is 6.54 Å². The van der Waals surface area contributed by atoms with E-state index in [-0.39, 0.29) is 17.6 Å². The van der Waals surface area contributed by atoms with Crippen LogP contribution in [0.3, 0.4) is 0 Å². The van der Waals surface area contributed by atoms with E-state index in [1.54, 1.807) is 6.08 Å². The fourth-order valence-corrected chi connectivity index (χ4v) is 2.18. The molecule has 0 radical (unpaired) electrons. The summed E-state index contributed by atoms with van der Waals surface area (Å²) in [6.07, 6.45) is 2.93. The topological polar surface area (TPSA) is 61.8 Å². The Labute approximate surface area is 128 Å². The van der Waals surface area contributed by atoms with Gasteiger partial charge in [-0.3, -0.25) is 19.5 Å². The highest BCUT2D eigenvalue weighted by atomic mass is 32.1. The van der Waals surface area contributed by atoms with Gasteiger partial charge >= 0.3 is 0 Å². The molecule has 1 aliphatic heterocycles. The summed E-state index contributed by atoms with van der Waals surface area (Å²) in [6, 6.07) is 9.60. The van der Waals surface area contributed by atoms with E-state index < -0.39 is 11.8 Å². The minimum absolute atomic E-state index is 0.109. The Kier molecular flexibility index (Phi) is 4.94. The van der Waals surface area contributed by atoms with Gasteiger partial charge in [0.25, 0.3) is 0 Å². The van der Waals surface area contributed by atoms with Gasteiger partial charge in [0.15, 0.2) is 11.0 Å². The largest absolute Gasteiger partial charge is 0.302 e. The van der Waals surface area contributed by atoms with Gasteiger partial charge < -0.3 is 5.32 Å². The van der Waals surface area contributed by atoms with Crippen molar-refractivity contribution in [3.05, 3.63) is 48.6 Å². The van der Waals surface area contributed by atoms with E-state index >= 15 is 0 Å². The average molecular weight is 301 g/mol. The Balaban J connectivity index is 2.07. The molecule has 1 saturated heterocycles. The van der Waals surface area contributed by atoms with Gasteiger partial charge in [0, 0.05) is 12.8 Å². The molecule has 0 spiro atoms. The number of carbonyl (C=O) groups is 2. The molecule has 1 aromatic carbocycles. The lowest BCUT2D eigenvalue weighted by atomic mass is 10.1. The monoisotopic (exact) mass is 301 g/mol. The Morgan fingerprint density at radius 2 is 2.05 bits per heavy atom. The summed E-state index contributed by atoms with van der Waals surface area (Å²) in [4.78, 5) is 29.6. The number of aliphatic imine (C=N–C) groups is 1. The van der Waals surface area contributed by atoms with Crippen LogP contribution < -0.4 is 5.32 Å². The van der Waals surface area contributed by atoms with Crippen LogP contribution in [-0.2, 0) is 16.1 Å². The summed E-state index contributed by atoms with van der Waals surface area (Å²) in [5, 5.41) is 2.61. The zero-order chi connectivity index (χ0) is 15.2. The number of rotatable bonds is 5. The molecule has 2 amide bonds. The van der Waals surface area contributed by atoms with Crippen LogP contribution in [-0.4, -0.2) is 34.6 Å². The molecule has 108 valence electrons. The second kappa shape index (κ2) is 6.90. The first kappa shape index (κ1) is 15.1. The van der Waals surface area contributed by atoms with Gasteiger partial charge in [-0.1, -0.05) is 36.4 Å². The third-order valence-electron chi connectivity index (χ3n) is 2.97. The van der Waals surface area contributed by atoms with Gasteiger partial charge in [0.05, 0.1) is 6.54 Å². The van der Waals surface area contributed by atoms with Crippen molar-refractivity contribution in [2.24, 2.45) is 10.9 Å². The highest BCUT2D eigenvalue weighted by molar-refractivity contribution is 7.80. The van der Waals surface area contributed by atoms with Crippen LogP contribution in [0.2, 0.25) is 0 Å². The zero-order valence-corrected chi connectivity index (χ0v) is 12.2. The molecule has 2 rings (SSSR count). The van der Waals surface area contributed by atoms with Gasteiger partial charge in [-0.05, 0) is 17.8 Å². The number of carbonyl (C=O) groups excluding carboxylic acids is 2. The summed E-state index contributed by atoms with van der Waals surface area (Å²) in [7, 11) is 0. The molecular weight excluding hydrogens is 286 g/mol. The van der Waals surface area contributed by atoms with Crippen LogP contribution >= 0.6 is 12.2 Å². The standard InChI is InChI=1S/C15H15N3O2S/c1-2-8-18-14(20)12(13(19)17-15(18)21)10-16-9-11-6-4-3-5-7-11/h2-7,10,12H,1,8-9H2,(H,17,19,21)/t12-/m0/s1. The predicted molar refractivity (Wildman–Crippen MR) is 84.8 cm³/mol. The number of thiocarbonyl (C=S) groups is 1. The lowest BCUT2D eigenvalue weighted by molar-refractivity contribution is -0.137. The molecule has 0 saturated carbocycles.